The maximum atomic E-state index is 12.1. The van der Waals surface area contributed by atoms with E-state index in [0.29, 0.717) is 18.6 Å². The lowest BCUT2D eigenvalue weighted by atomic mass is 10.2. The number of amides is 2. The number of rotatable bonds is 3. The lowest BCUT2D eigenvalue weighted by molar-refractivity contribution is 0.178. The van der Waals surface area contributed by atoms with E-state index in [1.807, 2.05) is 4.90 Å². The Labute approximate surface area is 98.6 Å². The molecule has 2 saturated carbocycles. The van der Waals surface area contributed by atoms with E-state index in [1.165, 1.54) is 25.7 Å². The van der Waals surface area contributed by atoms with Gasteiger partial charge in [0.25, 0.3) is 0 Å². The highest BCUT2D eigenvalue weighted by atomic mass is 16.2. The molecular formula is C13H23N2O. The van der Waals surface area contributed by atoms with Gasteiger partial charge in [0.1, 0.15) is 0 Å². The average Bonchev–Trinajstić information content (AvgIpc) is 2.91. The van der Waals surface area contributed by atoms with Crippen LogP contribution in [0, 0.1) is 6.92 Å². The molecule has 0 spiro atoms. The minimum Gasteiger partial charge on any atom is -0.335 e. The Kier molecular flexibility index (Phi) is 4.08. The number of nitrogens with zero attached hydrogens (tertiary/aromatic N) is 1. The lowest BCUT2D eigenvalue weighted by Gasteiger charge is -2.29. The first kappa shape index (κ1) is 11.7. The van der Waals surface area contributed by atoms with Crippen LogP contribution in [0.2, 0.25) is 0 Å². The van der Waals surface area contributed by atoms with Crippen molar-refractivity contribution in [1.82, 2.24) is 10.2 Å². The molecular weight excluding hydrogens is 200 g/mol. The van der Waals surface area contributed by atoms with Crippen molar-refractivity contribution < 1.29 is 4.79 Å². The highest BCUT2D eigenvalue weighted by molar-refractivity contribution is 5.75. The van der Waals surface area contributed by atoms with Crippen molar-refractivity contribution >= 4 is 6.03 Å². The van der Waals surface area contributed by atoms with Crippen LogP contribution in [0.4, 0.5) is 4.79 Å². The van der Waals surface area contributed by atoms with E-state index in [0.717, 1.165) is 25.7 Å². The van der Waals surface area contributed by atoms with Crippen molar-refractivity contribution in [3.05, 3.63) is 6.92 Å². The standard InChI is InChI=1S/C13H23N2O/c1-2-15(12-9-5-6-10-12)13(16)14-11-7-3-4-8-11/h11-12H,1-10H2,(H,14,16). The molecule has 91 valence electrons. The van der Waals surface area contributed by atoms with Crippen molar-refractivity contribution in [3.8, 4) is 0 Å². The molecule has 16 heavy (non-hydrogen) atoms. The minimum absolute atomic E-state index is 0.119. The van der Waals surface area contributed by atoms with E-state index >= 15 is 0 Å². The molecule has 3 nitrogen and oxygen atoms in total. The van der Waals surface area contributed by atoms with Crippen LogP contribution >= 0.6 is 0 Å². The fourth-order valence-electron chi connectivity index (χ4n) is 2.99. The Bertz CT molecular complexity index is 230. The molecule has 1 radical (unpaired) electrons. The van der Waals surface area contributed by atoms with Crippen molar-refractivity contribution in [2.75, 3.05) is 6.54 Å². The molecule has 2 amide bonds. The van der Waals surface area contributed by atoms with Gasteiger partial charge in [0.2, 0.25) is 0 Å². The molecule has 2 fully saturated rings. The van der Waals surface area contributed by atoms with Crippen LogP contribution in [0.3, 0.4) is 0 Å². The van der Waals surface area contributed by atoms with Crippen molar-refractivity contribution in [2.24, 2.45) is 0 Å². The van der Waals surface area contributed by atoms with Gasteiger partial charge in [-0.2, -0.15) is 0 Å². The summed E-state index contributed by atoms with van der Waals surface area (Å²) in [5.74, 6) is 0. The van der Waals surface area contributed by atoms with Gasteiger partial charge >= 0.3 is 6.03 Å². The molecule has 1 N–H and O–H groups in total. The van der Waals surface area contributed by atoms with Crippen LogP contribution in [-0.4, -0.2) is 29.6 Å². The van der Waals surface area contributed by atoms with E-state index in [1.54, 1.807) is 0 Å². The van der Waals surface area contributed by atoms with Crippen LogP contribution in [0.5, 0.6) is 0 Å². The molecule has 2 aliphatic carbocycles. The zero-order valence-electron chi connectivity index (χ0n) is 10.1. The molecule has 2 aliphatic rings. The van der Waals surface area contributed by atoms with Gasteiger partial charge in [-0.15, -0.1) is 0 Å². The van der Waals surface area contributed by atoms with Gasteiger partial charge in [-0.3, -0.25) is 0 Å². The number of hydrogen-bond donors (Lipinski definition) is 1. The second kappa shape index (κ2) is 5.55. The van der Waals surface area contributed by atoms with Gasteiger partial charge in [-0.1, -0.05) is 25.7 Å². The van der Waals surface area contributed by atoms with Crippen molar-refractivity contribution in [2.45, 2.75) is 63.5 Å². The maximum absolute atomic E-state index is 12.1. The molecule has 0 saturated heterocycles. The third-order valence-electron chi connectivity index (χ3n) is 3.95. The van der Waals surface area contributed by atoms with Crippen LogP contribution in [0.1, 0.15) is 51.4 Å². The Hall–Kier alpha value is -0.730. The van der Waals surface area contributed by atoms with Gasteiger partial charge in [0.15, 0.2) is 0 Å². The molecule has 0 aliphatic heterocycles. The second-order valence-electron chi connectivity index (χ2n) is 5.06. The quantitative estimate of drug-likeness (QED) is 0.784. The Morgan fingerprint density at radius 1 is 1.12 bits per heavy atom. The summed E-state index contributed by atoms with van der Waals surface area (Å²) in [6.07, 6.45) is 9.68. The Morgan fingerprint density at radius 2 is 1.69 bits per heavy atom. The zero-order valence-corrected chi connectivity index (χ0v) is 10.1. The summed E-state index contributed by atoms with van der Waals surface area (Å²) in [6.45, 7) is 4.49. The van der Waals surface area contributed by atoms with Gasteiger partial charge in [0.05, 0.1) is 0 Å². The summed E-state index contributed by atoms with van der Waals surface area (Å²) in [7, 11) is 0. The Balaban J connectivity index is 1.84. The highest BCUT2D eigenvalue weighted by Crippen LogP contribution is 2.24. The van der Waals surface area contributed by atoms with Crippen LogP contribution in [0.15, 0.2) is 0 Å². The van der Waals surface area contributed by atoms with Gasteiger partial charge in [-0.25, -0.2) is 4.79 Å². The molecule has 0 heterocycles. The van der Waals surface area contributed by atoms with Crippen LogP contribution in [0.25, 0.3) is 0 Å². The molecule has 0 unspecified atom stereocenters. The van der Waals surface area contributed by atoms with Crippen molar-refractivity contribution in [1.29, 1.82) is 0 Å². The van der Waals surface area contributed by atoms with E-state index in [-0.39, 0.29) is 6.03 Å². The predicted octanol–water partition coefficient (Wildman–Crippen LogP) is 2.72. The fourth-order valence-corrected chi connectivity index (χ4v) is 2.99. The van der Waals surface area contributed by atoms with E-state index < -0.39 is 0 Å². The van der Waals surface area contributed by atoms with E-state index in [2.05, 4.69) is 12.2 Å². The fraction of sp³-hybridized carbons (Fsp3) is 0.846. The van der Waals surface area contributed by atoms with E-state index in [9.17, 15) is 4.79 Å². The first-order valence-electron chi connectivity index (χ1n) is 6.67. The SMILES string of the molecule is [CH2]CN(C(=O)NC1CCCC1)C1CCCC1. The summed E-state index contributed by atoms with van der Waals surface area (Å²) >= 11 is 0. The van der Waals surface area contributed by atoms with Gasteiger partial charge in [-0.05, 0) is 32.6 Å². The van der Waals surface area contributed by atoms with Crippen LogP contribution < -0.4 is 5.32 Å². The molecule has 0 aromatic heterocycles. The lowest BCUT2D eigenvalue weighted by Crippen LogP contribution is -2.47. The molecule has 0 bridgehead atoms. The van der Waals surface area contributed by atoms with Crippen LogP contribution in [-0.2, 0) is 0 Å². The number of urea groups is 1. The number of carbonyl (C=O) groups excluding carboxylic acids is 1. The van der Waals surface area contributed by atoms with Gasteiger partial charge < -0.3 is 10.2 Å². The second-order valence-corrected chi connectivity index (χ2v) is 5.06. The number of hydrogen-bond acceptors (Lipinski definition) is 1. The maximum Gasteiger partial charge on any atom is 0.317 e. The Morgan fingerprint density at radius 3 is 2.25 bits per heavy atom. The first-order valence-corrected chi connectivity index (χ1v) is 6.67. The summed E-state index contributed by atoms with van der Waals surface area (Å²) < 4.78 is 0. The molecule has 2 rings (SSSR count). The smallest absolute Gasteiger partial charge is 0.317 e. The number of carbonyl (C=O) groups is 1. The largest absolute Gasteiger partial charge is 0.335 e. The summed E-state index contributed by atoms with van der Waals surface area (Å²) in [4.78, 5) is 14.0. The monoisotopic (exact) mass is 223 g/mol. The summed E-state index contributed by atoms with van der Waals surface area (Å²) in [5.41, 5.74) is 0. The van der Waals surface area contributed by atoms with Gasteiger partial charge in [0, 0.05) is 18.6 Å². The molecule has 0 aromatic carbocycles. The minimum atomic E-state index is 0.119. The summed E-state index contributed by atoms with van der Waals surface area (Å²) in [6, 6.07) is 0.982. The third kappa shape index (κ3) is 2.69. The van der Waals surface area contributed by atoms with Crippen molar-refractivity contribution in [3.63, 3.8) is 0 Å². The zero-order chi connectivity index (χ0) is 11.4. The van der Waals surface area contributed by atoms with E-state index in [4.69, 9.17) is 0 Å². The molecule has 0 aromatic rings. The molecule has 0 atom stereocenters. The predicted molar refractivity (Wildman–Crippen MR) is 65.1 cm³/mol. The third-order valence-corrected chi connectivity index (χ3v) is 3.95. The average molecular weight is 223 g/mol. The highest BCUT2D eigenvalue weighted by Gasteiger charge is 2.27. The first-order chi connectivity index (χ1) is 7.81. The normalized spacial score (nSPS) is 22.6. The molecule has 3 heteroatoms. The summed E-state index contributed by atoms with van der Waals surface area (Å²) in [5, 5.41) is 3.15. The number of nitrogens with one attached hydrogen (secondary N) is 1. The topological polar surface area (TPSA) is 32.3 Å².